The second kappa shape index (κ2) is 1.48. The highest BCUT2D eigenvalue weighted by Gasteiger charge is 2.52. The van der Waals surface area contributed by atoms with Crippen molar-refractivity contribution >= 4 is 0 Å². The van der Waals surface area contributed by atoms with Crippen LogP contribution in [-0.4, -0.2) is 11.2 Å². The molecule has 0 aromatic heterocycles. The van der Waals surface area contributed by atoms with Crippen LogP contribution in [0.2, 0.25) is 0 Å². The highest BCUT2D eigenvalue weighted by molar-refractivity contribution is 5.10. The monoisotopic (exact) mass is 123 g/mol. The molecule has 3 saturated carbocycles. The van der Waals surface area contributed by atoms with Crippen LogP contribution in [0.4, 0.5) is 0 Å². The Labute approximate surface area is 54.1 Å². The molecule has 48 valence electrons. The Morgan fingerprint density at radius 1 is 1.44 bits per heavy atom. The molecule has 0 amide bonds. The summed E-state index contributed by atoms with van der Waals surface area (Å²) in [5.74, 6) is 1.06. The Morgan fingerprint density at radius 3 is 2.44 bits per heavy atom. The van der Waals surface area contributed by atoms with E-state index >= 15 is 0 Å². The first-order chi connectivity index (χ1) is 4.33. The van der Waals surface area contributed by atoms with Gasteiger partial charge in [0.15, 0.2) is 0 Å². The molecular weight excluding hydrogens is 114 g/mol. The third-order valence-electron chi connectivity index (χ3n) is 2.73. The van der Waals surface area contributed by atoms with E-state index < -0.39 is 0 Å². The van der Waals surface area contributed by atoms with E-state index in [2.05, 4.69) is 6.07 Å². The Kier molecular flexibility index (Phi) is 0.866. The van der Waals surface area contributed by atoms with E-state index in [0.29, 0.717) is 11.8 Å². The lowest BCUT2D eigenvalue weighted by Crippen LogP contribution is -2.29. The van der Waals surface area contributed by atoms with Gasteiger partial charge in [-0.05, 0) is 18.8 Å². The second-order valence-corrected chi connectivity index (χ2v) is 3.12. The molecule has 0 radical (unpaired) electrons. The molecule has 9 heavy (non-hydrogen) atoms. The van der Waals surface area contributed by atoms with Gasteiger partial charge in [0.2, 0.25) is 0 Å². The smallest absolute Gasteiger partial charge is 0.0662 e. The molecule has 0 spiro atoms. The third-order valence-corrected chi connectivity index (χ3v) is 2.73. The molecule has 3 aliphatic carbocycles. The molecule has 0 aromatic rings. The minimum absolute atomic E-state index is 0.153. The van der Waals surface area contributed by atoms with Crippen molar-refractivity contribution < 1.29 is 5.11 Å². The minimum Gasteiger partial charge on any atom is -0.393 e. The molecule has 0 aliphatic heterocycles. The van der Waals surface area contributed by atoms with Gasteiger partial charge in [0.05, 0.1) is 18.1 Å². The van der Waals surface area contributed by atoms with Crippen LogP contribution in [0.15, 0.2) is 0 Å². The lowest BCUT2D eigenvalue weighted by Gasteiger charge is -2.29. The Morgan fingerprint density at radius 2 is 2.22 bits per heavy atom. The average molecular weight is 123 g/mol. The van der Waals surface area contributed by atoms with Gasteiger partial charge in [0.25, 0.3) is 0 Å². The maximum atomic E-state index is 9.19. The number of hydrogen-bond acceptors (Lipinski definition) is 2. The van der Waals surface area contributed by atoms with Crippen LogP contribution in [0, 0.1) is 29.1 Å². The van der Waals surface area contributed by atoms with Crippen molar-refractivity contribution in [3.63, 3.8) is 0 Å². The van der Waals surface area contributed by atoms with Gasteiger partial charge in [0.1, 0.15) is 0 Å². The third kappa shape index (κ3) is 0.481. The lowest BCUT2D eigenvalue weighted by atomic mass is 9.73. The summed E-state index contributed by atoms with van der Waals surface area (Å²) in [6, 6.07) is 2.23. The fourth-order valence-electron chi connectivity index (χ4n) is 2.12. The Balaban J connectivity index is 2.15. The number of nitrogens with zero attached hydrogens (tertiary/aromatic N) is 1. The molecule has 2 bridgehead atoms. The number of hydrogen-bond donors (Lipinski definition) is 1. The van der Waals surface area contributed by atoms with E-state index in [-0.39, 0.29) is 12.0 Å². The van der Waals surface area contributed by atoms with Gasteiger partial charge in [-0.1, -0.05) is 0 Å². The summed E-state index contributed by atoms with van der Waals surface area (Å²) >= 11 is 0. The summed E-state index contributed by atoms with van der Waals surface area (Å²) in [4.78, 5) is 0. The van der Waals surface area contributed by atoms with Crippen molar-refractivity contribution in [2.45, 2.75) is 18.9 Å². The maximum Gasteiger partial charge on any atom is 0.0662 e. The largest absolute Gasteiger partial charge is 0.393 e. The van der Waals surface area contributed by atoms with Crippen LogP contribution < -0.4 is 0 Å². The van der Waals surface area contributed by atoms with E-state index in [4.69, 9.17) is 5.26 Å². The van der Waals surface area contributed by atoms with Gasteiger partial charge in [0, 0.05) is 5.92 Å². The summed E-state index contributed by atoms with van der Waals surface area (Å²) in [6.07, 6.45) is 1.82. The van der Waals surface area contributed by atoms with Crippen LogP contribution in [0.3, 0.4) is 0 Å². The normalized spacial score (nSPS) is 54.2. The van der Waals surface area contributed by atoms with Crippen LogP contribution in [-0.2, 0) is 0 Å². The van der Waals surface area contributed by atoms with Crippen molar-refractivity contribution in [1.82, 2.24) is 0 Å². The van der Waals surface area contributed by atoms with Crippen molar-refractivity contribution in [3.05, 3.63) is 0 Å². The van der Waals surface area contributed by atoms with E-state index in [1.807, 2.05) is 0 Å². The van der Waals surface area contributed by atoms with Crippen molar-refractivity contribution in [2.24, 2.45) is 17.8 Å². The fraction of sp³-hybridized carbons (Fsp3) is 0.857. The molecular formula is C7H9NO. The zero-order valence-electron chi connectivity index (χ0n) is 5.12. The van der Waals surface area contributed by atoms with E-state index in [1.165, 1.54) is 0 Å². The predicted octanol–water partition coefficient (Wildman–Crippen LogP) is 0.527. The van der Waals surface area contributed by atoms with Crippen molar-refractivity contribution in [2.75, 3.05) is 0 Å². The second-order valence-electron chi connectivity index (χ2n) is 3.12. The van der Waals surface area contributed by atoms with Crippen molar-refractivity contribution in [3.8, 4) is 6.07 Å². The van der Waals surface area contributed by atoms with E-state index in [9.17, 15) is 5.11 Å². The molecule has 3 fully saturated rings. The standard InChI is InChI=1S/C7H9NO/c8-3-6-4-1-5(6)7(9)2-4/h4-7,9H,1-2H2/t4-,5-,6-,7-/m1/s1. The number of rotatable bonds is 0. The molecule has 3 rings (SSSR count). The molecule has 0 aromatic carbocycles. The summed E-state index contributed by atoms with van der Waals surface area (Å²) in [6.45, 7) is 0. The Bertz CT molecular complexity index is 172. The van der Waals surface area contributed by atoms with Crippen LogP contribution in [0.5, 0.6) is 0 Å². The van der Waals surface area contributed by atoms with Gasteiger partial charge >= 0.3 is 0 Å². The SMILES string of the molecule is N#C[C@@H]1[C@@H]2C[C@H]1[C@H](O)C2. The van der Waals surface area contributed by atoms with Gasteiger partial charge in [-0.3, -0.25) is 0 Å². The maximum absolute atomic E-state index is 9.19. The zero-order valence-corrected chi connectivity index (χ0v) is 5.12. The molecule has 0 heterocycles. The summed E-state index contributed by atoms with van der Waals surface area (Å²) < 4.78 is 0. The lowest BCUT2D eigenvalue weighted by molar-refractivity contribution is 0.107. The molecule has 2 nitrogen and oxygen atoms in total. The molecule has 0 unspecified atom stereocenters. The topological polar surface area (TPSA) is 44.0 Å². The quantitative estimate of drug-likeness (QED) is 0.510. The molecule has 3 aliphatic rings. The summed E-state index contributed by atoms with van der Waals surface area (Å²) in [5.41, 5.74) is 0. The minimum atomic E-state index is -0.153. The van der Waals surface area contributed by atoms with Crippen LogP contribution >= 0.6 is 0 Å². The number of fused-ring (bicyclic) bond motifs is 1. The van der Waals surface area contributed by atoms with Crippen molar-refractivity contribution in [1.29, 1.82) is 5.26 Å². The van der Waals surface area contributed by atoms with Crippen LogP contribution in [0.1, 0.15) is 12.8 Å². The van der Waals surface area contributed by atoms with Gasteiger partial charge < -0.3 is 5.11 Å². The first-order valence-corrected chi connectivity index (χ1v) is 3.40. The first-order valence-electron chi connectivity index (χ1n) is 3.40. The van der Waals surface area contributed by atoms with Crippen LogP contribution in [0.25, 0.3) is 0 Å². The molecule has 4 atom stereocenters. The van der Waals surface area contributed by atoms with Gasteiger partial charge in [-0.25, -0.2) is 0 Å². The molecule has 2 heteroatoms. The van der Waals surface area contributed by atoms with Gasteiger partial charge in [-0.15, -0.1) is 0 Å². The predicted molar refractivity (Wildman–Crippen MR) is 31.3 cm³/mol. The first kappa shape index (κ1) is 5.25. The van der Waals surface area contributed by atoms with E-state index in [0.717, 1.165) is 12.8 Å². The number of aliphatic hydroxyl groups excluding tert-OH is 1. The molecule has 0 saturated heterocycles. The summed E-state index contributed by atoms with van der Waals surface area (Å²) in [5, 5.41) is 17.7. The van der Waals surface area contributed by atoms with Gasteiger partial charge in [-0.2, -0.15) is 5.26 Å². The van der Waals surface area contributed by atoms with E-state index in [1.54, 1.807) is 0 Å². The highest BCUT2D eigenvalue weighted by Crippen LogP contribution is 2.52. The average Bonchev–Trinajstić information content (AvgIpc) is 2.22. The summed E-state index contributed by atoms with van der Waals surface area (Å²) in [7, 11) is 0. The zero-order chi connectivity index (χ0) is 6.43. The Hall–Kier alpha value is -0.550. The highest BCUT2D eigenvalue weighted by atomic mass is 16.3. The fourth-order valence-corrected chi connectivity index (χ4v) is 2.12. The number of aliphatic hydroxyl groups is 1. The number of nitriles is 1. The molecule has 1 N–H and O–H groups in total.